The van der Waals surface area contributed by atoms with Gasteiger partial charge in [-0.25, -0.2) is 4.39 Å². The van der Waals surface area contributed by atoms with E-state index < -0.39 is 0 Å². The molecule has 0 aliphatic rings. The Balaban J connectivity index is 1.92. The lowest BCUT2D eigenvalue weighted by atomic mass is 10.1. The van der Waals surface area contributed by atoms with Crippen molar-refractivity contribution in [2.24, 2.45) is 0 Å². The molecule has 0 saturated carbocycles. The summed E-state index contributed by atoms with van der Waals surface area (Å²) in [6.45, 7) is 5.58. The number of thioether (sulfide) groups is 1. The van der Waals surface area contributed by atoms with Crippen LogP contribution in [0.15, 0.2) is 28.6 Å². The number of rotatable bonds is 5. The third-order valence-electron chi connectivity index (χ3n) is 2.88. The van der Waals surface area contributed by atoms with Crippen molar-refractivity contribution in [3.63, 3.8) is 0 Å². The number of nitrogens with one attached hydrogen (secondary N) is 1. The number of halogens is 1. The molecule has 0 radical (unpaired) electrons. The number of aryl methyl sites for hydroxylation is 1. The predicted octanol–water partition coefficient (Wildman–Crippen LogP) is 3.34. The topological polar surface area (TPSA) is 54.9 Å². The molecule has 112 valence electrons. The van der Waals surface area contributed by atoms with Crippen LogP contribution in [0, 0.1) is 12.7 Å². The standard InChI is InChI=1S/C14H16FN3OS2/c1-8(11-4-6-12(15)7-5-11)16-13(19)9(2)20-14-18-17-10(3)21-14/h4-9H,1-3H3,(H,16,19). The van der Waals surface area contributed by atoms with Crippen LogP contribution >= 0.6 is 23.1 Å². The Morgan fingerprint density at radius 3 is 2.52 bits per heavy atom. The zero-order valence-corrected chi connectivity index (χ0v) is 13.6. The van der Waals surface area contributed by atoms with Crippen LogP contribution in [-0.2, 0) is 4.79 Å². The summed E-state index contributed by atoms with van der Waals surface area (Å²) in [7, 11) is 0. The number of nitrogens with zero attached hydrogens (tertiary/aromatic N) is 2. The molecule has 0 spiro atoms. The molecule has 0 bridgehead atoms. The molecule has 7 heteroatoms. The van der Waals surface area contributed by atoms with Gasteiger partial charge in [-0.2, -0.15) is 0 Å². The summed E-state index contributed by atoms with van der Waals surface area (Å²) in [5.74, 6) is -0.363. The molecule has 2 rings (SSSR count). The number of hydrogen-bond acceptors (Lipinski definition) is 5. The van der Waals surface area contributed by atoms with Gasteiger partial charge in [0.25, 0.3) is 0 Å². The zero-order valence-electron chi connectivity index (χ0n) is 12.0. The molecule has 21 heavy (non-hydrogen) atoms. The van der Waals surface area contributed by atoms with Crippen LogP contribution < -0.4 is 5.32 Å². The van der Waals surface area contributed by atoms with Gasteiger partial charge in [0.05, 0.1) is 11.3 Å². The van der Waals surface area contributed by atoms with Gasteiger partial charge < -0.3 is 5.32 Å². The monoisotopic (exact) mass is 325 g/mol. The van der Waals surface area contributed by atoms with E-state index in [2.05, 4.69) is 15.5 Å². The predicted molar refractivity (Wildman–Crippen MR) is 82.9 cm³/mol. The molecule has 4 nitrogen and oxygen atoms in total. The maximum Gasteiger partial charge on any atom is 0.233 e. The van der Waals surface area contributed by atoms with E-state index in [1.54, 1.807) is 12.1 Å². The Labute approximate surface area is 131 Å². The minimum absolute atomic E-state index is 0.0790. The number of hydrogen-bond donors (Lipinski definition) is 1. The second-order valence-corrected chi connectivity index (χ2v) is 7.40. The van der Waals surface area contributed by atoms with Crippen LogP contribution in [0.4, 0.5) is 4.39 Å². The summed E-state index contributed by atoms with van der Waals surface area (Å²) in [6.07, 6.45) is 0. The minimum Gasteiger partial charge on any atom is -0.349 e. The third-order valence-corrected chi connectivity index (χ3v) is 4.91. The van der Waals surface area contributed by atoms with Gasteiger partial charge in [-0.3, -0.25) is 4.79 Å². The fraction of sp³-hybridized carbons (Fsp3) is 0.357. The molecule has 1 aromatic carbocycles. The summed E-state index contributed by atoms with van der Waals surface area (Å²) in [6, 6.07) is 5.95. The summed E-state index contributed by atoms with van der Waals surface area (Å²) >= 11 is 2.85. The smallest absolute Gasteiger partial charge is 0.233 e. The molecule has 1 aromatic heterocycles. The SMILES string of the molecule is Cc1nnc(SC(C)C(=O)NC(C)c2ccc(F)cc2)s1. The lowest BCUT2D eigenvalue weighted by Gasteiger charge is -2.17. The van der Waals surface area contributed by atoms with Crippen molar-refractivity contribution in [2.75, 3.05) is 0 Å². The molecule has 2 atom stereocenters. The first kappa shape index (κ1) is 15.9. The highest BCUT2D eigenvalue weighted by Gasteiger charge is 2.19. The maximum absolute atomic E-state index is 12.9. The van der Waals surface area contributed by atoms with E-state index in [0.29, 0.717) is 0 Å². The Hall–Kier alpha value is -1.47. The summed E-state index contributed by atoms with van der Waals surface area (Å²) in [5, 5.41) is 11.5. The van der Waals surface area contributed by atoms with Crippen LogP contribution in [-0.4, -0.2) is 21.4 Å². The fourth-order valence-electron chi connectivity index (χ4n) is 1.70. The number of carbonyl (C=O) groups excluding carboxylic acids is 1. The van der Waals surface area contributed by atoms with Gasteiger partial charge in [-0.1, -0.05) is 35.2 Å². The van der Waals surface area contributed by atoms with Crippen molar-refractivity contribution >= 4 is 29.0 Å². The zero-order chi connectivity index (χ0) is 15.4. The lowest BCUT2D eigenvalue weighted by Crippen LogP contribution is -2.33. The van der Waals surface area contributed by atoms with Crippen LogP contribution in [0.5, 0.6) is 0 Å². The van der Waals surface area contributed by atoms with Crippen molar-refractivity contribution in [2.45, 2.75) is 36.4 Å². The quantitative estimate of drug-likeness (QED) is 0.857. The average molecular weight is 325 g/mol. The largest absolute Gasteiger partial charge is 0.349 e. The van der Waals surface area contributed by atoms with E-state index in [1.807, 2.05) is 20.8 Å². The van der Waals surface area contributed by atoms with Crippen molar-refractivity contribution < 1.29 is 9.18 Å². The summed E-state index contributed by atoms with van der Waals surface area (Å²) in [4.78, 5) is 12.2. The first-order valence-electron chi connectivity index (χ1n) is 6.48. The van der Waals surface area contributed by atoms with Crippen LogP contribution in [0.1, 0.15) is 30.5 Å². The van der Waals surface area contributed by atoms with Crippen LogP contribution in [0.3, 0.4) is 0 Å². The molecule has 2 unspecified atom stereocenters. The van der Waals surface area contributed by atoms with Crippen LogP contribution in [0.2, 0.25) is 0 Å². The van der Waals surface area contributed by atoms with Crippen molar-refractivity contribution in [1.82, 2.24) is 15.5 Å². The maximum atomic E-state index is 12.9. The van der Waals surface area contributed by atoms with Gasteiger partial charge >= 0.3 is 0 Å². The molecule has 0 aliphatic heterocycles. The van der Waals surface area contributed by atoms with Crippen molar-refractivity contribution in [3.05, 3.63) is 40.7 Å². The van der Waals surface area contributed by atoms with E-state index in [-0.39, 0.29) is 23.0 Å². The van der Waals surface area contributed by atoms with E-state index >= 15 is 0 Å². The van der Waals surface area contributed by atoms with Gasteiger partial charge in [0.15, 0.2) is 4.34 Å². The molecular weight excluding hydrogens is 309 g/mol. The summed E-state index contributed by atoms with van der Waals surface area (Å²) < 4.78 is 13.7. The molecule has 1 amide bonds. The Bertz CT molecular complexity index is 615. The Morgan fingerprint density at radius 1 is 1.29 bits per heavy atom. The third kappa shape index (κ3) is 4.50. The van der Waals surface area contributed by atoms with Crippen molar-refractivity contribution in [1.29, 1.82) is 0 Å². The average Bonchev–Trinajstić information content (AvgIpc) is 2.84. The molecule has 1 N–H and O–H groups in total. The molecule has 0 aliphatic carbocycles. The van der Waals surface area contributed by atoms with E-state index in [1.165, 1.54) is 35.2 Å². The minimum atomic E-state index is -0.284. The van der Waals surface area contributed by atoms with Crippen molar-refractivity contribution in [3.8, 4) is 0 Å². The number of benzene rings is 1. The van der Waals surface area contributed by atoms with Crippen LogP contribution in [0.25, 0.3) is 0 Å². The van der Waals surface area contributed by atoms with Gasteiger partial charge in [-0.15, -0.1) is 10.2 Å². The highest BCUT2D eigenvalue weighted by atomic mass is 32.2. The Kier molecular flexibility index (Phi) is 5.30. The second-order valence-electron chi connectivity index (χ2n) is 4.63. The first-order chi connectivity index (χ1) is 9.95. The second kappa shape index (κ2) is 7.00. The summed E-state index contributed by atoms with van der Waals surface area (Å²) in [5.41, 5.74) is 0.869. The van der Waals surface area contributed by atoms with Gasteiger partial charge in [-0.05, 0) is 38.5 Å². The van der Waals surface area contributed by atoms with Gasteiger partial charge in [0.1, 0.15) is 10.8 Å². The normalized spacial score (nSPS) is 13.7. The molecular formula is C14H16FN3OS2. The molecule has 0 fully saturated rings. The molecule has 0 saturated heterocycles. The number of aromatic nitrogens is 2. The first-order valence-corrected chi connectivity index (χ1v) is 8.18. The molecule has 2 aromatic rings. The van der Waals surface area contributed by atoms with Gasteiger partial charge in [0.2, 0.25) is 5.91 Å². The van der Waals surface area contributed by atoms with E-state index in [4.69, 9.17) is 0 Å². The lowest BCUT2D eigenvalue weighted by molar-refractivity contribution is -0.120. The van der Waals surface area contributed by atoms with E-state index in [9.17, 15) is 9.18 Å². The molecule has 1 heterocycles. The highest BCUT2D eigenvalue weighted by molar-refractivity contribution is 8.02. The Morgan fingerprint density at radius 2 is 1.95 bits per heavy atom. The number of carbonyl (C=O) groups is 1. The fourth-order valence-corrected chi connectivity index (χ4v) is 3.67. The highest BCUT2D eigenvalue weighted by Crippen LogP contribution is 2.26. The van der Waals surface area contributed by atoms with Gasteiger partial charge in [0, 0.05) is 0 Å². The number of amides is 1. The van der Waals surface area contributed by atoms with E-state index in [0.717, 1.165) is 14.9 Å².